The van der Waals surface area contributed by atoms with Crippen LogP contribution in [-0.4, -0.2) is 15.1 Å². The number of aryl methyl sites for hydroxylation is 1. The van der Waals surface area contributed by atoms with E-state index in [-0.39, 0.29) is 5.76 Å². The SMILES string of the molecule is O=c1oc2c(cc1-c1nc3ccccc3[nH]1)CCC(O)=C2. The van der Waals surface area contributed by atoms with Crippen LogP contribution in [0, 0.1) is 0 Å². The fourth-order valence-electron chi connectivity index (χ4n) is 2.57. The van der Waals surface area contributed by atoms with Gasteiger partial charge in [-0.3, -0.25) is 0 Å². The lowest BCUT2D eigenvalue weighted by Crippen LogP contribution is -2.09. The third-order valence-electron chi connectivity index (χ3n) is 3.65. The molecular weight excluding hydrogens is 268 g/mol. The van der Waals surface area contributed by atoms with Gasteiger partial charge in [-0.1, -0.05) is 12.1 Å². The van der Waals surface area contributed by atoms with E-state index in [9.17, 15) is 9.90 Å². The number of hydrogen-bond acceptors (Lipinski definition) is 4. The van der Waals surface area contributed by atoms with Gasteiger partial charge in [0, 0.05) is 12.5 Å². The van der Waals surface area contributed by atoms with Crippen LogP contribution in [0.2, 0.25) is 0 Å². The number of hydrogen-bond donors (Lipinski definition) is 2. The quantitative estimate of drug-likeness (QED) is 0.718. The number of H-pyrrole nitrogens is 1. The molecule has 4 rings (SSSR count). The lowest BCUT2D eigenvalue weighted by Gasteiger charge is -2.11. The Hall–Kier alpha value is -2.82. The normalized spacial score (nSPS) is 14.0. The Labute approximate surface area is 119 Å². The third kappa shape index (κ3) is 1.94. The smallest absolute Gasteiger partial charge is 0.347 e. The van der Waals surface area contributed by atoms with Gasteiger partial charge in [0.05, 0.1) is 16.8 Å². The average molecular weight is 280 g/mol. The van der Waals surface area contributed by atoms with Gasteiger partial charge in [-0.05, 0) is 30.2 Å². The number of rotatable bonds is 1. The highest BCUT2D eigenvalue weighted by molar-refractivity contribution is 5.79. The average Bonchev–Trinajstić information content (AvgIpc) is 2.90. The Balaban J connectivity index is 1.91. The standard InChI is InChI=1S/C16H12N2O3/c19-10-6-5-9-7-11(16(20)21-14(9)8-10)15-17-12-3-1-2-4-13(12)18-15/h1-4,7-8,19H,5-6H2,(H,17,18). The van der Waals surface area contributed by atoms with Gasteiger partial charge in [0.15, 0.2) is 0 Å². The molecule has 2 aromatic heterocycles. The van der Waals surface area contributed by atoms with Gasteiger partial charge >= 0.3 is 5.63 Å². The van der Waals surface area contributed by atoms with Crippen LogP contribution in [0.25, 0.3) is 28.5 Å². The van der Waals surface area contributed by atoms with E-state index in [0.29, 0.717) is 30.0 Å². The van der Waals surface area contributed by atoms with Crippen molar-refractivity contribution in [2.24, 2.45) is 0 Å². The Bertz CT molecular complexity index is 901. The Morgan fingerprint density at radius 3 is 2.95 bits per heavy atom. The summed E-state index contributed by atoms with van der Waals surface area (Å²) in [5, 5.41) is 9.51. The molecule has 0 saturated carbocycles. The first-order valence-corrected chi connectivity index (χ1v) is 6.72. The van der Waals surface area contributed by atoms with E-state index >= 15 is 0 Å². The first-order valence-electron chi connectivity index (χ1n) is 6.72. The monoisotopic (exact) mass is 280 g/mol. The maximum Gasteiger partial charge on any atom is 0.347 e. The molecule has 2 heterocycles. The van der Waals surface area contributed by atoms with Crippen LogP contribution < -0.4 is 5.63 Å². The van der Waals surface area contributed by atoms with E-state index < -0.39 is 5.63 Å². The minimum absolute atomic E-state index is 0.238. The molecule has 0 fully saturated rings. The van der Waals surface area contributed by atoms with Gasteiger partial charge in [0.2, 0.25) is 0 Å². The van der Waals surface area contributed by atoms with Crippen LogP contribution in [0.1, 0.15) is 17.7 Å². The van der Waals surface area contributed by atoms with Crippen LogP contribution >= 0.6 is 0 Å². The van der Waals surface area contributed by atoms with Gasteiger partial charge < -0.3 is 14.5 Å². The van der Waals surface area contributed by atoms with E-state index in [1.807, 2.05) is 24.3 Å². The van der Waals surface area contributed by atoms with E-state index in [2.05, 4.69) is 9.97 Å². The molecule has 104 valence electrons. The molecule has 5 nitrogen and oxygen atoms in total. The van der Waals surface area contributed by atoms with Crippen molar-refractivity contribution in [1.29, 1.82) is 0 Å². The molecule has 21 heavy (non-hydrogen) atoms. The van der Waals surface area contributed by atoms with Gasteiger partial charge in [-0.2, -0.15) is 0 Å². The molecule has 0 bridgehead atoms. The molecule has 0 atom stereocenters. The Morgan fingerprint density at radius 1 is 1.24 bits per heavy atom. The van der Waals surface area contributed by atoms with Gasteiger partial charge in [-0.25, -0.2) is 9.78 Å². The van der Waals surface area contributed by atoms with Crippen LogP contribution in [0.4, 0.5) is 0 Å². The summed E-state index contributed by atoms with van der Waals surface area (Å²) in [4.78, 5) is 19.7. The van der Waals surface area contributed by atoms with Crippen molar-refractivity contribution in [2.75, 3.05) is 0 Å². The lowest BCUT2D eigenvalue weighted by molar-refractivity contribution is 0.384. The second kappa shape index (κ2) is 4.34. The van der Waals surface area contributed by atoms with Crippen LogP contribution in [0.5, 0.6) is 0 Å². The third-order valence-corrected chi connectivity index (χ3v) is 3.65. The number of benzene rings is 1. The van der Waals surface area contributed by atoms with Crippen LogP contribution in [0.3, 0.4) is 0 Å². The van der Waals surface area contributed by atoms with Crippen molar-refractivity contribution >= 4 is 17.1 Å². The summed E-state index contributed by atoms with van der Waals surface area (Å²) in [6.45, 7) is 0. The minimum Gasteiger partial charge on any atom is -0.512 e. The molecule has 0 aliphatic heterocycles. The Kier molecular flexibility index (Phi) is 2.47. The van der Waals surface area contributed by atoms with Crippen molar-refractivity contribution < 1.29 is 9.52 Å². The molecular formula is C16H12N2O3. The fraction of sp³-hybridized carbons (Fsp3) is 0.125. The summed E-state index contributed by atoms with van der Waals surface area (Å²) in [5.41, 5.74) is 2.55. The summed E-state index contributed by atoms with van der Waals surface area (Å²) in [6, 6.07) is 9.40. The molecule has 5 heteroatoms. The molecule has 1 aliphatic rings. The first-order chi connectivity index (χ1) is 10.2. The van der Waals surface area contributed by atoms with Crippen molar-refractivity contribution in [3.8, 4) is 11.4 Å². The number of allylic oxidation sites excluding steroid dienone is 1. The number of imidazole rings is 1. The predicted molar refractivity (Wildman–Crippen MR) is 79.0 cm³/mol. The van der Waals surface area contributed by atoms with E-state index in [1.54, 1.807) is 6.07 Å². The van der Waals surface area contributed by atoms with Crippen LogP contribution in [-0.2, 0) is 6.42 Å². The molecule has 0 radical (unpaired) electrons. The van der Waals surface area contributed by atoms with Gasteiger partial charge in [0.1, 0.15) is 17.1 Å². The summed E-state index contributed by atoms with van der Waals surface area (Å²) >= 11 is 0. The number of nitrogens with zero attached hydrogens (tertiary/aromatic N) is 1. The number of aromatic nitrogens is 2. The molecule has 0 unspecified atom stereocenters. The second-order valence-electron chi connectivity index (χ2n) is 5.08. The van der Waals surface area contributed by atoms with Crippen molar-refractivity contribution in [2.45, 2.75) is 12.8 Å². The van der Waals surface area contributed by atoms with Crippen molar-refractivity contribution in [1.82, 2.24) is 9.97 Å². The van der Waals surface area contributed by atoms with Crippen molar-refractivity contribution in [3.05, 3.63) is 57.8 Å². The topological polar surface area (TPSA) is 79.1 Å². The summed E-state index contributed by atoms with van der Waals surface area (Å²) in [7, 11) is 0. The first kappa shape index (κ1) is 12.0. The molecule has 3 aromatic rings. The van der Waals surface area contributed by atoms with E-state index in [0.717, 1.165) is 16.6 Å². The zero-order valence-electron chi connectivity index (χ0n) is 11.1. The molecule has 1 aliphatic carbocycles. The zero-order valence-corrected chi connectivity index (χ0v) is 11.1. The summed E-state index contributed by atoms with van der Waals surface area (Å²) in [5.74, 6) is 1.18. The summed E-state index contributed by atoms with van der Waals surface area (Å²) < 4.78 is 5.30. The van der Waals surface area contributed by atoms with Crippen molar-refractivity contribution in [3.63, 3.8) is 0 Å². The molecule has 2 N–H and O–H groups in total. The van der Waals surface area contributed by atoms with Crippen LogP contribution in [0.15, 0.2) is 45.3 Å². The lowest BCUT2D eigenvalue weighted by atomic mass is 10.0. The maximum atomic E-state index is 12.1. The highest BCUT2D eigenvalue weighted by atomic mass is 16.4. The van der Waals surface area contributed by atoms with E-state index in [1.165, 1.54) is 6.08 Å². The highest BCUT2D eigenvalue weighted by Gasteiger charge is 2.17. The number of para-hydroxylation sites is 2. The fourth-order valence-corrected chi connectivity index (χ4v) is 2.57. The number of aliphatic hydroxyl groups excluding tert-OH is 1. The largest absolute Gasteiger partial charge is 0.512 e. The number of aromatic amines is 1. The maximum absolute atomic E-state index is 12.1. The molecule has 0 amide bonds. The number of nitrogens with one attached hydrogen (secondary N) is 1. The van der Waals surface area contributed by atoms with Gasteiger partial charge in [0.25, 0.3) is 0 Å². The predicted octanol–water partition coefficient (Wildman–Crippen LogP) is 3.03. The number of fused-ring (bicyclic) bond motifs is 2. The molecule has 0 spiro atoms. The minimum atomic E-state index is -0.459. The zero-order chi connectivity index (χ0) is 14.4. The molecule has 0 saturated heterocycles. The highest BCUT2D eigenvalue weighted by Crippen LogP contribution is 2.25. The second-order valence-corrected chi connectivity index (χ2v) is 5.08. The Morgan fingerprint density at radius 2 is 2.10 bits per heavy atom. The van der Waals surface area contributed by atoms with Gasteiger partial charge in [-0.15, -0.1) is 0 Å². The molecule has 1 aromatic carbocycles. The van der Waals surface area contributed by atoms with E-state index in [4.69, 9.17) is 4.42 Å². The summed E-state index contributed by atoms with van der Waals surface area (Å²) in [6.07, 6.45) is 2.71. The number of aliphatic hydroxyl groups is 1.